The molecule has 5 N–H and O–H groups in total. The lowest BCUT2D eigenvalue weighted by Crippen LogP contribution is -2.54. The maximum absolute atomic E-state index is 13.4. The molecule has 8 heteroatoms. The number of hydrogen-bond acceptors (Lipinski definition) is 7. The summed E-state index contributed by atoms with van der Waals surface area (Å²) in [6.07, 6.45) is 2.85. The van der Waals surface area contributed by atoms with Crippen LogP contribution in [-0.4, -0.2) is 17.1 Å². The molecule has 1 spiro atoms. The quantitative estimate of drug-likeness (QED) is 0.592. The third-order valence-corrected chi connectivity index (χ3v) is 5.57. The Morgan fingerprint density at radius 1 is 1.22 bits per heavy atom. The van der Waals surface area contributed by atoms with E-state index in [0.717, 1.165) is 11.1 Å². The number of fused-ring (bicyclic) bond motifs is 4. The zero-order chi connectivity index (χ0) is 18.6. The normalized spacial score (nSPS) is 31.1. The van der Waals surface area contributed by atoms with Crippen LogP contribution < -0.4 is 21.9 Å². The molecule has 4 unspecified atom stereocenters. The average molecular weight is 360 g/mol. The smallest absolute Gasteiger partial charge is 0.241 e. The highest BCUT2D eigenvalue weighted by molar-refractivity contribution is 6.10. The van der Waals surface area contributed by atoms with E-state index < -0.39 is 17.6 Å². The van der Waals surface area contributed by atoms with Gasteiger partial charge in [0.25, 0.3) is 0 Å². The lowest BCUT2D eigenvalue weighted by molar-refractivity contribution is -0.124. The molecule has 1 saturated heterocycles. The number of nitrogens with two attached hydrogens (primary N) is 1. The maximum Gasteiger partial charge on any atom is 0.241 e. The average Bonchev–Trinajstić information content (AvgIpc) is 3.23. The van der Waals surface area contributed by atoms with Crippen molar-refractivity contribution < 1.29 is 9.53 Å². The molecule has 8 nitrogen and oxygen atoms in total. The van der Waals surface area contributed by atoms with Crippen molar-refractivity contribution in [2.75, 3.05) is 5.32 Å². The van der Waals surface area contributed by atoms with E-state index in [-0.39, 0.29) is 23.4 Å². The first kappa shape index (κ1) is 15.8. The SMILES string of the molecule is N#CC1=C(N)OC2NNC(c3cccnc3)C2C12C(=O)Nc1ccccc12. The number of pyridine rings is 1. The van der Waals surface area contributed by atoms with Crippen LogP contribution in [0.3, 0.4) is 0 Å². The van der Waals surface area contributed by atoms with Crippen LogP contribution in [-0.2, 0) is 14.9 Å². The van der Waals surface area contributed by atoms with Gasteiger partial charge in [0, 0.05) is 18.1 Å². The van der Waals surface area contributed by atoms with Crippen molar-refractivity contribution in [2.45, 2.75) is 17.7 Å². The zero-order valence-electron chi connectivity index (χ0n) is 14.1. The molecule has 27 heavy (non-hydrogen) atoms. The van der Waals surface area contributed by atoms with Crippen molar-refractivity contribution >= 4 is 11.6 Å². The first-order chi connectivity index (χ1) is 13.2. The number of nitrogens with one attached hydrogen (secondary N) is 3. The molecule has 134 valence electrons. The van der Waals surface area contributed by atoms with Crippen LogP contribution in [0.1, 0.15) is 17.2 Å². The first-order valence-corrected chi connectivity index (χ1v) is 8.57. The molecule has 1 fully saturated rings. The van der Waals surface area contributed by atoms with E-state index in [1.165, 1.54) is 0 Å². The van der Waals surface area contributed by atoms with Crippen LogP contribution in [0.15, 0.2) is 60.2 Å². The fourth-order valence-corrected chi connectivity index (χ4v) is 4.52. The number of carbonyl (C=O) groups is 1. The number of carbonyl (C=O) groups excluding carboxylic acids is 1. The van der Waals surface area contributed by atoms with Gasteiger partial charge in [-0.1, -0.05) is 24.3 Å². The van der Waals surface area contributed by atoms with Crippen LogP contribution in [0.5, 0.6) is 0 Å². The predicted molar refractivity (Wildman–Crippen MR) is 95.2 cm³/mol. The Bertz CT molecular complexity index is 1010. The van der Waals surface area contributed by atoms with Gasteiger partial charge in [-0.25, -0.2) is 10.9 Å². The summed E-state index contributed by atoms with van der Waals surface area (Å²) in [6.45, 7) is 0. The highest BCUT2D eigenvalue weighted by atomic mass is 16.5. The Labute approximate surface area is 155 Å². The second-order valence-corrected chi connectivity index (χ2v) is 6.78. The molecule has 1 aromatic heterocycles. The summed E-state index contributed by atoms with van der Waals surface area (Å²) in [5.41, 5.74) is 13.5. The molecule has 0 aliphatic carbocycles. The largest absolute Gasteiger partial charge is 0.458 e. The van der Waals surface area contributed by atoms with Crippen LogP contribution in [0.2, 0.25) is 0 Å². The van der Waals surface area contributed by atoms with Gasteiger partial charge in [0.05, 0.1) is 12.0 Å². The predicted octanol–water partition coefficient (Wildman–Crippen LogP) is 0.787. The van der Waals surface area contributed by atoms with Gasteiger partial charge >= 0.3 is 0 Å². The molecule has 0 bridgehead atoms. The summed E-state index contributed by atoms with van der Waals surface area (Å²) in [4.78, 5) is 17.6. The van der Waals surface area contributed by atoms with Gasteiger partial charge in [0.2, 0.25) is 11.8 Å². The number of benzene rings is 1. The molecule has 1 amide bonds. The van der Waals surface area contributed by atoms with E-state index in [2.05, 4.69) is 27.2 Å². The van der Waals surface area contributed by atoms with Crippen molar-refractivity contribution in [2.24, 2.45) is 11.7 Å². The second-order valence-electron chi connectivity index (χ2n) is 6.78. The second kappa shape index (κ2) is 5.54. The van der Waals surface area contributed by atoms with E-state index >= 15 is 0 Å². The standard InChI is InChI=1S/C19H16N6O2/c20-8-12-16(21)27-17-14(15(24-25-17)10-4-3-7-22-9-10)19(12)11-5-1-2-6-13(11)23-18(19)26/h1-7,9,14-15,17,24-25H,21H2,(H,23,26). The minimum atomic E-state index is -1.25. The summed E-state index contributed by atoms with van der Waals surface area (Å²) < 4.78 is 5.78. The minimum absolute atomic E-state index is 0.0354. The van der Waals surface area contributed by atoms with Gasteiger partial charge in [0.1, 0.15) is 17.1 Å². The van der Waals surface area contributed by atoms with Gasteiger partial charge < -0.3 is 15.8 Å². The molecule has 3 aliphatic heterocycles. The van der Waals surface area contributed by atoms with Gasteiger partial charge in [-0.15, -0.1) is 0 Å². The molecule has 1 aromatic carbocycles. The number of nitriles is 1. The van der Waals surface area contributed by atoms with Gasteiger partial charge in [0.15, 0.2) is 6.23 Å². The molecule has 4 atom stereocenters. The fourth-order valence-electron chi connectivity index (χ4n) is 4.52. The Kier molecular flexibility index (Phi) is 3.25. The molecule has 0 saturated carbocycles. The molecule has 0 radical (unpaired) electrons. The molecular weight excluding hydrogens is 344 g/mol. The zero-order valence-corrected chi connectivity index (χ0v) is 14.1. The Morgan fingerprint density at radius 2 is 2.07 bits per heavy atom. The van der Waals surface area contributed by atoms with E-state index in [0.29, 0.717) is 5.69 Å². The lowest BCUT2D eigenvalue weighted by atomic mass is 9.62. The number of nitrogens with zero attached hydrogens (tertiary/aromatic N) is 2. The summed E-state index contributed by atoms with van der Waals surface area (Å²) in [7, 11) is 0. The summed E-state index contributed by atoms with van der Waals surface area (Å²) in [5, 5.41) is 12.8. The molecule has 2 aromatic rings. The van der Waals surface area contributed by atoms with Gasteiger partial charge in [-0.3, -0.25) is 9.78 Å². The number of para-hydroxylation sites is 1. The summed E-state index contributed by atoms with van der Waals surface area (Å²) in [5.74, 6) is -0.750. The summed E-state index contributed by atoms with van der Waals surface area (Å²) in [6, 6.07) is 13.0. The van der Waals surface area contributed by atoms with Crippen molar-refractivity contribution in [3.05, 3.63) is 71.4 Å². The number of aromatic nitrogens is 1. The van der Waals surface area contributed by atoms with E-state index in [9.17, 15) is 10.1 Å². The van der Waals surface area contributed by atoms with Crippen molar-refractivity contribution in [1.29, 1.82) is 5.26 Å². The minimum Gasteiger partial charge on any atom is -0.458 e. The summed E-state index contributed by atoms with van der Waals surface area (Å²) >= 11 is 0. The van der Waals surface area contributed by atoms with Gasteiger partial charge in [-0.05, 0) is 23.3 Å². The van der Waals surface area contributed by atoms with E-state index in [1.54, 1.807) is 12.4 Å². The molecule has 3 aliphatic rings. The Balaban J connectivity index is 1.79. The van der Waals surface area contributed by atoms with Crippen LogP contribution >= 0.6 is 0 Å². The van der Waals surface area contributed by atoms with Crippen LogP contribution in [0, 0.1) is 17.2 Å². The third-order valence-electron chi connectivity index (χ3n) is 5.57. The molecule has 5 rings (SSSR count). The number of ether oxygens (including phenoxy) is 1. The fraction of sp³-hybridized carbons (Fsp3) is 0.211. The number of anilines is 1. The lowest BCUT2D eigenvalue weighted by Gasteiger charge is -2.42. The third kappa shape index (κ3) is 1.92. The number of amides is 1. The number of hydrazine groups is 1. The van der Waals surface area contributed by atoms with Crippen LogP contribution in [0.4, 0.5) is 5.69 Å². The van der Waals surface area contributed by atoms with E-state index in [1.807, 2.05) is 36.4 Å². The molecular formula is C19H16N6O2. The topological polar surface area (TPSA) is 125 Å². The highest BCUT2D eigenvalue weighted by Gasteiger charge is 2.65. The maximum atomic E-state index is 13.4. The first-order valence-electron chi connectivity index (χ1n) is 8.57. The molecule has 4 heterocycles. The Morgan fingerprint density at radius 3 is 2.85 bits per heavy atom. The van der Waals surface area contributed by atoms with Crippen LogP contribution in [0.25, 0.3) is 0 Å². The van der Waals surface area contributed by atoms with Gasteiger partial charge in [-0.2, -0.15) is 5.26 Å². The Hall–Kier alpha value is -3.41. The van der Waals surface area contributed by atoms with Crippen molar-refractivity contribution in [1.82, 2.24) is 15.8 Å². The number of rotatable bonds is 1. The van der Waals surface area contributed by atoms with E-state index in [4.69, 9.17) is 10.5 Å². The highest BCUT2D eigenvalue weighted by Crippen LogP contribution is 2.56. The number of hydrogen-bond donors (Lipinski definition) is 4. The van der Waals surface area contributed by atoms with Crippen molar-refractivity contribution in [3.63, 3.8) is 0 Å². The van der Waals surface area contributed by atoms with Crippen molar-refractivity contribution in [3.8, 4) is 6.07 Å². The monoisotopic (exact) mass is 360 g/mol.